The summed E-state index contributed by atoms with van der Waals surface area (Å²) in [4.78, 5) is 8.20. The molecule has 4 nitrogen and oxygen atoms in total. The fourth-order valence-corrected chi connectivity index (χ4v) is 3.60. The van der Waals surface area contributed by atoms with Gasteiger partial charge < -0.3 is 11.1 Å². The largest absolute Gasteiger partial charge is 0.382 e. The number of nitrogens with zero attached hydrogens (tertiary/aromatic N) is 2. The zero-order chi connectivity index (χ0) is 20.5. The number of hydrogen-bond donors (Lipinski definition) is 2. The minimum absolute atomic E-state index is 0.0918. The molecule has 0 saturated heterocycles. The fourth-order valence-electron chi connectivity index (χ4n) is 3.29. The molecule has 0 aliphatic rings. The molecule has 0 amide bonds. The van der Waals surface area contributed by atoms with E-state index in [4.69, 9.17) is 28.9 Å². The number of nitrogens with one attached hydrogen (secondary N) is 1. The van der Waals surface area contributed by atoms with E-state index in [-0.39, 0.29) is 11.1 Å². The average Bonchev–Trinajstić information content (AvgIpc) is 2.68. The SMILES string of the molecule is CCCCc1cc(CCCC)c(Nc2nc(Cl)nc(N)c2Cl)c(CCCC)c1. The van der Waals surface area contributed by atoms with Gasteiger partial charge in [-0.05, 0) is 66.8 Å². The normalized spacial score (nSPS) is 11.0. The summed E-state index contributed by atoms with van der Waals surface area (Å²) in [7, 11) is 0. The summed E-state index contributed by atoms with van der Waals surface area (Å²) >= 11 is 12.4. The van der Waals surface area contributed by atoms with E-state index < -0.39 is 0 Å². The van der Waals surface area contributed by atoms with Crippen molar-refractivity contribution in [3.63, 3.8) is 0 Å². The number of nitrogen functional groups attached to an aromatic ring is 1. The zero-order valence-corrected chi connectivity index (χ0v) is 18.8. The lowest BCUT2D eigenvalue weighted by molar-refractivity contribution is 0.768. The van der Waals surface area contributed by atoms with Gasteiger partial charge in [0, 0.05) is 5.69 Å². The molecule has 0 aliphatic heterocycles. The molecule has 2 aromatic rings. The maximum absolute atomic E-state index is 6.36. The van der Waals surface area contributed by atoms with Crippen molar-refractivity contribution in [2.45, 2.75) is 78.6 Å². The maximum Gasteiger partial charge on any atom is 0.226 e. The zero-order valence-electron chi connectivity index (χ0n) is 17.2. The smallest absolute Gasteiger partial charge is 0.226 e. The molecule has 0 spiro atoms. The first-order chi connectivity index (χ1) is 13.5. The molecule has 1 aromatic heterocycles. The Balaban J connectivity index is 2.50. The first kappa shape index (κ1) is 22.8. The quantitative estimate of drug-likeness (QED) is 0.377. The summed E-state index contributed by atoms with van der Waals surface area (Å²) in [5.41, 5.74) is 11.0. The third-order valence-electron chi connectivity index (χ3n) is 4.87. The molecule has 0 saturated carbocycles. The van der Waals surface area contributed by atoms with Crippen LogP contribution in [0.4, 0.5) is 17.3 Å². The Morgan fingerprint density at radius 2 is 1.39 bits per heavy atom. The van der Waals surface area contributed by atoms with E-state index in [1.165, 1.54) is 29.5 Å². The summed E-state index contributed by atoms with van der Waals surface area (Å²) in [6.07, 6.45) is 10.1. The van der Waals surface area contributed by atoms with Gasteiger partial charge in [0.25, 0.3) is 0 Å². The monoisotopic (exact) mass is 422 g/mol. The summed E-state index contributed by atoms with van der Waals surface area (Å²) in [5.74, 6) is 0.657. The van der Waals surface area contributed by atoms with Crippen molar-refractivity contribution >= 4 is 40.5 Å². The van der Waals surface area contributed by atoms with E-state index >= 15 is 0 Å². The number of halogens is 2. The molecule has 0 radical (unpaired) electrons. The van der Waals surface area contributed by atoms with Crippen molar-refractivity contribution in [1.29, 1.82) is 0 Å². The van der Waals surface area contributed by atoms with Gasteiger partial charge in [0.05, 0.1) is 0 Å². The highest BCUT2D eigenvalue weighted by Crippen LogP contribution is 2.34. The first-order valence-electron chi connectivity index (χ1n) is 10.4. The Kier molecular flexibility index (Phi) is 9.33. The van der Waals surface area contributed by atoms with Crippen LogP contribution in [0.15, 0.2) is 12.1 Å². The Hall–Kier alpha value is -1.52. The third kappa shape index (κ3) is 6.25. The van der Waals surface area contributed by atoms with Crippen molar-refractivity contribution < 1.29 is 0 Å². The van der Waals surface area contributed by atoms with Gasteiger partial charge in [-0.3, -0.25) is 0 Å². The minimum atomic E-state index is 0.0918. The molecule has 28 heavy (non-hydrogen) atoms. The summed E-state index contributed by atoms with van der Waals surface area (Å²) in [6.45, 7) is 6.67. The van der Waals surface area contributed by atoms with Crippen LogP contribution in [0.1, 0.15) is 76.0 Å². The van der Waals surface area contributed by atoms with Gasteiger partial charge in [-0.1, -0.05) is 63.8 Å². The molecule has 2 rings (SSSR count). The van der Waals surface area contributed by atoms with E-state index in [1.54, 1.807) is 0 Å². The van der Waals surface area contributed by atoms with Crippen LogP contribution in [0.5, 0.6) is 0 Å². The number of aryl methyl sites for hydroxylation is 3. The maximum atomic E-state index is 6.36. The van der Waals surface area contributed by atoms with Crippen LogP contribution in [-0.4, -0.2) is 9.97 Å². The van der Waals surface area contributed by atoms with Gasteiger partial charge in [0.2, 0.25) is 5.28 Å². The van der Waals surface area contributed by atoms with Crippen LogP contribution < -0.4 is 11.1 Å². The van der Waals surface area contributed by atoms with Crippen LogP contribution >= 0.6 is 23.2 Å². The molecule has 1 aromatic carbocycles. The summed E-state index contributed by atoms with van der Waals surface area (Å²) in [6, 6.07) is 4.67. The molecule has 0 fully saturated rings. The molecule has 3 N–H and O–H groups in total. The summed E-state index contributed by atoms with van der Waals surface area (Å²) < 4.78 is 0. The Morgan fingerprint density at radius 3 is 1.93 bits per heavy atom. The highest BCUT2D eigenvalue weighted by Gasteiger charge is 2.16. The second-order valence-corrected chi connectivity index (χ2v) is 7.98. The predicted molar refractivity (Wildman–Crippen MR) is 122 cm³/mol. The molecule has 154 valence electrons. The number of unbranched alkanes of at least 4 members (excludes halogenated alkanes) is 3. The lowest BCUT2D eigenvalue weighted by Crippen LogP contribution is -2.07. The Labute approximate surface area is 179 Å². The second kappa shape index (κ2) is 11.5. The number of aromatic nitrogens is 2. The van der Waals surface area contributed by atoms with Crippen LogP contribution in [-0.2, 0) is 19.3 Å². The fraction of sp³-hybridized carbons (Fsp3) is 0.545. The van der Waals surface area contributed by atoms with Crippen molar-refractivity contribution in [2.24, 2.45) is 0 Å². The molecule has 0 atom stereocenters. The van der Waals surface area contributed by atoms with E-state index in [0.717, 1.165) is 50.6 Å². The van der Waals surface area contributed by atoms with Crippen LogP contribution in [0.25, 0.3) is 0 Å². The molecule has 0 unspecified atom stereocenters. The summed E-state index contributed by atoms with van der Waals surface area (Å²) in [5, 5.41) is 3.84. The lowest BCUT2D eigenvalue weighted by Gasteiger charge is -2.19. The highest BCUT2D eigenvalue weighted by molar-refractivity contribution is 6.36. The van der Waals surface area contributed by atoms with Crippen molar-refractivity contribution in [3.8, 4) is 0 Å². The molecule has 0 bridgehead atoms. The number of rotatable bonds is 11. The van der Waals surface area contributed by atoms with E-state index in [9.17, 15) is 0 Å². The van der Waals surface area contributed by atoms with Crippen LogP contribution in [0, 0.1) is 0 Å². The van der Waals surface area contributed by atoms with Crippen LogP contribution in [0.2, 0.25) is 10.3 Å². The number of anilines is 3. The van der Waals surface area contributed by atoms with Crippen molar-refractivity contribution in [2.75, 3.05) is 11.1 Å². The van der Waals surface area contributed by atoms with E-state index in [1.807, 2.05) is 0 Å². The molecule has 1 heterocycles. The number of hydrogen-bond acceptors (Lipinski definition) is 4. The highest BCUT2D eigenvalue weighted by atomic mass is 35.5. The topological polar surface area (TPSA) is 63.8 Å². The Bertz CT molecular complexity index is 748. The molecular weight excluding hydrogens is 391 g/mol. The van der Waals surface area contributed by atoms with Gasteiger partial charge in [-0.2, -0.15) is 9.97 Å². The number of benzene rings is 1. The molecule has 6 heteroatoms. The van der Waals surface area contributed by atoms with Crippen molar-refractivity contribution in [3.05, 3.63) is 39.1 Å². The van der Waals surface area contributed by atoms with Gasteiger partial charge in [-0.25, -0.2) is 0 Å². The molecule has 0 aliphatic carbocycles. The predicted octanol–water partition coefficient (Wildman–Crippen LogP) is 7.14. The third-order valence-corrected chi connectivity index (χ3v) is 5.41. The van der Waals surface area contributed by atoms with Gasteiger partial charge in [-0.15, -0.1) is 0 Å². The van der Waals surface area contributed by atoms with Crippen LogP contribution in [0.3, 0.4) is 0 Å². The molecular formula is C22H32Cl2N4. The first-order valence-corrected chi connectivity index (χ1v) is 11.2. The minimum Gasteiger partial charge on any atom is -0.382 e. The van der Waals surface area contributed by atoms with Gasteiger partial charge in [0.1, 0.15) is 10.8 Å². The lowest BCUT2D eigenvalue weighted by atomic mass is 9.94. The van der Waals surface area contributed by atoms with Gasteiger partial charge in [0.15, 0.2) is 5.82 Å². The Morgan fingerprint density at radius 1 is 0.857 bits per heavy atom. The average molecular weight is 423 g/mol. The second-order valence-electron chi connectivity index (χ2n) is 7.27. The van der Waals surface area contributed by atoms with Crippen molar-refractivity contribution in [1.82, 2.24) is 9.97 Å². The van der Waals surface area contributed by atoms with E-state index in [2.05, 4.69) is 48.2 Å². The standard InChI is InChI=1S/C22H32Cl2N4/c1-4-7-10-15-13-16(11-8-5-2)19(17(14-15)12-9-6-3)26-21-18(23)20(25)27-22(24)28-21/h13-14H,4-12H2,1-3H3,(H3,25,26,27,28). The number of nitrogens with two attached hydrogens (primary N) is 1. The van der Waals surface area contributed by atoms with Gasteiger partial charge >= 0.3 is 0 Å². The van der Waals surface area contributed by atoms with E-state index in [0.29, 0.717) is 10.8 Å².